The normalized spacial score (nSPS) is 12.1. The number of fused-ring (bicyclic) bond motifs is 1. The van der Waals surface area contributed by atoms with Crippen molar-refractivity contribution in [2.75, 3.05) is 0 Å². The molecule has 0 spiro atoms. The van der Waals surface area contributed by atoms with E-state index >= 15 is 0 Å². The van der Waals surface area contributed by atoms with Gasteiger partial charge < -0.3 is 5.32 Å². The number of nitrogens with one attached hydrogen (secondary N) is 1. The average molecular weight is 356 g/mol. The Kier molecular flexibility index (Phi) is 5.14. The molecule has 25 heavy (non-hydrogen) atoms. The molecule has 1 N–H and O–H groups in total. The molecule has 2 aromatic carbocycles. The maximum absolute atomic E-state index is 12.4. The van der Waals surface area contributed by atoms with E-state index in [1.807, 2.05) is 31.2 Å². The number of aromatic nitrogens is 2. The molecule has 128 valence electrons. The number of hydrogen-bond acceptors (Lipinski definition) is 3. The molecule has 5 nitrogen and oxygen atoms in total. The molecule has 0 aliphatic heterocycles. The summed E-state index contributed by atoms with van der Waals surface area (Å²) in [6.07, 6.45) is 1.68. The van der Waals surface area contributed by atoms with Crippen LogP contribution in [0.1, 0.15) is 24.9 Å². The Hall–Kier alpha value is -2.66. The minimum atomic E-state index is -0.155. The first-order valence-corrected chi connectivity index (χ1v) is 8.41. The van der Waals surface area contributed by atoms with Gasteiger partial charge in [-0.1, -0.05) is 35.9 Å². The largest absolute Gasteiger partial charge is 0.350 e. The topological polar surface area (TPSA) is 64.0 Å². The van der Waals surface area contributed by atoms with E-state index in [-0.39, 0.29) is 30.5 Å². The van der Waals surface area contributed by atoms with Gasteiger partial charge in [-0.15, -0.1) is 0 Å². The second-order valence-electron chi connectivity index (χ2n) is 5.85. The van der Waals surface area contributed by atoms with Crippen LogP contribution in [0.15, 0.2) is 59.7 Å². The highest BCUT2D eigenvalue weighted by Gasteiger charge is 2.11. The number of rotatable bonds is 5. The van der Waals surface area contributed by atoms with E-state index in [1.165, 1.54) is 10.9 Å². The minimum Gasteiger partial charge on any atom is -0.350 e. The Balaban J connectivity index is 1.64. The number of halogens is 1. The molecule has 6 heteroatoms. The van der Waals surface area contributed by atoms with Gasteiger partial charge in [0.15, 0.2) is 0 Å². The van der Waals surface area contributed by atoms with Gasteiger partial charge >= 0.3 is 0 Å². The van der Waals surface area contributed by atoms with Crippen LogP contribution in [0.3, 0.4) is 0 Å². The lowest BCUT2D eigenvalue weighted by Gasteiger charge is -2.15. The SMILES string of the molecule is CC(NC(=O)CCn1cnc2ccccc2c1=O)c1cccc(Cl)c1. The third kappa shape index (κ3) is 4.06. The van der Waals surface area contributed by atoms with Crippen molar-refractivity contribution in [3.8, 4) is 0 Å². The smallest absolute Gasteiger partial charge is 0.261 e. The second kappa shape index (κ2) is 7.49. The van der Waals surface area contributed by atoms with Crippen LogP contribution in [0.4, 0.5) is 0 Å². The summed E-state index contributed by atoms with van der Waals surface area (Å²) >= 11 is 5.97. The maximum atomic E-state index is 12.4. The van der Waals surface area contributed by atoms with Gasteiger partial charge in [0, 0.05) is 18.0 Å². The van der Waals surface area contributed by atoms with E-state index in [9.17, 15) is 9.59 Å². The summed E-state index contributed by atoms with van der Waals surface area (Å²) in [5.41, 5.74) is 1.45. The molecule has 1 unspecified atom stereocenters. The highest BCUT2D eigenvalue weighted by molar-refractivity contribution is 6.30. The Bertz CT molecular complexity index is 968. The van der Waals surface area contributed by atoms with Crippen molar-refractivity contribution in [1.82, 2.24) is 14.9 Å². The van der Waals surface area contributed by atoms with Crippen molar-refractivity contribution in [2.45, 2.75) is 25.9 Å². The zero-order valence-corrected chi connectivity index (χ0v) is 14.5. The second-order valence-corrected chi connectivity index (χ2v) is 6.29. The molecule has 1 atom stereocenters. The predicted molar refractivity (Wildman–Crippen MR) is 98.6 cm³/mol. The van der Waals surface area contributed by atoms with Crippen LogP contribution in [-0.2, 0) is 11.3 Å². The van der Waals surface area contributed by atoms with Gasteiger partial charge in [0.25, 0.3) is 5.56 Å². The molecule has 0 fully saturated rings. The summed E-state index contributed by atoms with van der Waals surface area (Å²) < 4.78 is 1.46. The van der Waals surface area contributed by atoms with Gasteiger partial charge in [-0.3, -0.25) is 14.2 Å². The highest BCUT2D eigenvalue weighted by Crippen LogP contribution is 2.17. The third-order valence-electron chi connectivity index (χ3n) is 4.04. The average Bonchev–Trinajstić information content (AvgIpc) is 2.61. The Morgan fingerprint density at radius 2 is 2.04 bits per heavy atom. The molecule has 1 aromatic heterocycles. The molecule has 1 amide bonds. The fourth-order valence-corrected chi connectivity index (χ4v) is 2.86. The van der Waals surface area contributed by atoms with Crippen LogP contribution in [0.5, 0.6) is 0 Å². The molecule has 0 aliphatic carbocycles. The van der Waals surface area contributed by atoms with Gasteiger partial charge in [0.05, 0.1) is 23.3 Å². The molecule has 0 aliphatic rings. The fourth-order valence-electron chi connectivity index (χ4n) is 2.66. The Morgan fingerprint density at radius 3 is 2.84 bits per heavy atom. The maximum Gasteiger partial charge on any atom is 0.261 e. The summed E-state index contributed by atoms with van der Waals surface area (Å²) in [5, 5.41) is 4.10. The van der Waals surface area contributed by atoms with E-state index in [4.69, 9.17) is 11.6 Å². The lowest BCUT2D eigenvalue weighted by Crippen LogP contribution is -2.29. The van der Waals surface area contributed by atoms with E-state index < -0.39 is 0 Å². The summed E-state index contributed by atoms with van der Waals surface area (Å²) in [6.45, 7) is 2.18. The molecule has 3 aromatic rings. The van der Waals surface area contributed by atoms with Crippen molar-refractivity contribution in [2.24, 2.45) is 0 Å². The van der Waals surface area contributed by atoms with E-state index in [0.29, 0.717) is 15.9 Å². The Morgan fingerprint density at radius 1 is 1.24 bits per heavy atom. The predicted octanol–water partition coefficient (Wildman–Crippen LogP) is 3.32. The van der Waals surface area contributed by atoms with E-state index in [0.717, 1.165) is 5.56 Å². The number of para-hydroxylation sites is 1. The van der Waals surface area contributed by atoms with E-state index in [1.54, 1.807) is 24.3 Å². The van der Waals surface area contributed by atoms with Crippen molar-refractivity contribution < 1.29 is 4.79 Å². The third-order valence-corrected chi connectivity index (χ3v) is 4.27. The quantitative estimate of drug-likeness (QED) is 0.763. The summed E-state index contributed by atoms with van der Waals surface area (Å²) in [5.74, 6) is -0.132. The molecule has 0 saturated heterocycles. The van der Waals surface area contributed by atoms with Gasteiger partial charge in [-0.2, -0.15) is 0 Å². The van der Waals surface area contributed by atoms with Crippen LogP contribution in [0.25, 0.3) is 10.9 Å². The van der Waals surface area contributed by atoms with E-state index in [2.05, 4.69) is 10.3 Å². The standard InChI is InChI=1S/C19H18ClN3O2/c1-13(14-5-4-6-15(20)11-14)22-18(24)9-10-23-12-21-17-8-3-2-7-16(17)19(23)25/h2-8,11-13H,9-10H2,1H3,(H,22,24). The molecular weight excluding hydrogens is 338 g/mol. The number of carbonyl (C=O) groups excluding carboxylic acids is 1. The first-order chi connectivity index (χ1) is 12.0. The molecule has 3 rings (SSSR count). The van der Waals surface area contributed by atoms with Gasteiger partial charge in [-0.25, -0.2) is 4.98 Å². The van der Waals surface area contributed by atoms with Crippen molar-refractivity contribution in [1.29, 1.82) is 0 Å². The van der Waals surface area contributed by atoms with Gasteiger partial charge in [-0.05, 0) is 36.8 Å². The fraction of sp³-hybridized carbons (Fsp3) is 0.211. The van der Waals surface area contributed by atoms with Gasteiger partial charge in [0.1, 0.15) is 0 Å². The van der Waals surface area contributed by atoms with Crippen molar-refractivity contribution in [3.63, 3.8) is 0 Å². The van der Waals surface area contributed by atoms with Crippen molar-refractivity contribution in [3.05, 3.63) is 75.8 Å². The molecule has 0 bridgehead atoms. The molecule has 0 saturated carbocycles. The zero-order chi connectivity index (χ0) is 17.8. The monoisotopic (exact) mass is 355 g/mol. The first kappa shape index (κ1) is 17.2. The van der Waals surface area contributed by atoms with Crippen LogP contribution < -0.4 is 10.9 Å². The van der Waals surface area contributed by atoms with Gasteiger partial charge in [0.2, 0.25) is 5.91 Å². The minimum absolute atomic E-state index is 0.132. The summed E-state index contributed by atoms with van der Waals surface area (Å²) in [7, 11) is 0. The highest BCUT2D eigenvalue weighted by atomic mass is 35.5. The first-order valence-electron chi connectivity index (χ1n) is 8.03. The summed E-state index contributed by atoms with van der Waals surface area (Å²) in [4.78, 5) is 28.8. The number of amides is 1. The number of benzene rings is 2. The van der Waals surface area contributed by atoms with Crippen LogP contribution in [0.2, 0.25) is 5.02 Å². The summed E-state index contributed by atoms with van der Waals surface area (Å²) in [6, 6.07) is 14.4. The van der Waals surface area contributed by atoms with Crippen LogP contribution >= 0.6 is 11.6 Å². The lowest BCUT2D eigenvalue weighted by molar-refractivity contribution is -0.121. The van der Waals surface area contributed by atoms with Crippen LogP contribution in [0, 0.1) is 0 Å². The molecule has 0 radical (unpaired) electrons. The number of carbonyl (C=O) groups is 1. The number of aryl methyl sites for hydroxylation is 1. The zero-order valence-electron chi connectivity index (χ0n) is 13.8. The lowest BCUT2D eigenvalue weighted by atomic mass is 10.1. The van der Waals surface area contributed by atoms with Crippen LogP contribution in [-0.4, -0.2) is 15.5 Å². The van der Waals surface area contributed by atoms with Crippen molar-refractivity contribution >= 4 is 28.4 Å². The number of nitrogens with zero attached hydrogens (tertiary/aromatic N) is 2. The molecular formula is C19H18ClN3O2. The number of hydrogen-bond donors (Lipinski definition) is 1. The Labute approximate surface area is 150 Å². The molecule has 1 heterocycles.